The van der Waals surface area contributed by atoms with Crippen LogP contribution < -0.4 is 4.74 Å². The third kappa shape index (κ3) is 5.40. The average molecular weight is 749 g/mol. The molecule has 0 spiro atoms. The van der Waals surface area contributed by atoms with Crippen LogP contribution in [0.5, 0.6) is 11.5 Å². The molecule has 0 bridgehead atoms. The summed E-state index contributed by atoms with van der Waals surface area (Å²) in [5, 5.41) is 9.82. The summed E-state index contributed by atoms with van der Waals surface area (Å²) in [5.41, 5.74) is 14.3. The number of ether oxygens (including phenoxy) is 1. The Kier molecular flexibility index (Phi) is 7.61. The summed E-state index contributed by atoms with van der Waals surface area (Å²) in [6, 6.07) is 79.6. The van der Waals surface area contributed by atoms with Crippen LogP contribution in [0, 0.1) is 0 Å². The van der Waals surface area contributed by atoms with Gasteiger partial charge in [-0.1, -0.05) is 182 Å². The molecule has 1 heteroatoms. The number of fused-ring (bicyclic) bond motifs is 6. The van der Waals surface area contributed by atoms with E-state index in [2.05, 4.69) is 218 Å². The highest BCUT2D eigenvalue weighted by Crippen LogP contribution is 2.51. The molecule has 0 N–H and O–H groups in total. The van der Waals surface area contributed by atoms with E-state index in [1.165, 1.54) is 98.9 Å². The summed E-state index contributed by atoms with van der Waals surface area (Å²) in [6.45, 7) is 0. The Morgan fingerprint density at radius 2 is 0.831 bits per heavy atom. The molecule has 0 fully saturated rings. The summed E-state index contributed by atoms with van der Waals surface area (Å²) in [5.74, 6) is 1.77. The largest absolute Gasteiger partial charge is 0.456 e. The molecule has 0 aromatic heterocycles. The lowest BCUT2D eigenvalue weighted by atomic mass is 9.82. The van der Waals surface area contributed by atoms with Crippen molar-refractivity contribution in [2.75, 3.05) is 0 Å². The minimum atomic E-state index is 0.885. The summed E-state index contributed by atoms with van der Waals surface area (Å²) >= 11 is 0. The van der Waals surface area contributed by atoms with E-state index >= 15 is 0 Å². The van der Waals surface area contributed by atoms with Crippen molar-refractivity contribution in [1.82, 2.24) is 0 Å². The molecule has 274 valence electrons. The first kappa shape index (κ1) is 33.4. The van der Waals surface area contributed by atoms with Gasteiger partial charge in [-0.2, -0.15) is 0 Å². The van der Waals surface area contributed by atoms with Crippen LogP contribution in [0.25, 0.3) is 110 Å². The maximum absolute atomic E-state index is 6.70. The quantitative estimate of drug-likeness (QED) is 0.126. The van der Waals surface area contributed by atoms with E-state index in [9.17, 15) is 0 Å². The molecule has 11 aromatic carbocycles. The molecule has 1 aliphatic rings. The van der Waals surface area contributed by atoms with E-state index in [1.54, 1.807) is 0 Å². The number of benzene rings is 11. The highest BCUT2D eigenvalue weighted by atomic mass is 16.5. The molecular weight excluding hydrogens is 713 g/mol. The summed E-state index contributed by atoms with van der Waals surface area (Å²) < 4.78 is 6.70. The van der Waals surface area contributed by atoms with Gasteiger partial charge in [0.15, 0.2) is 0 Å². The van der Waals surface area contributed by atoms with Gasteiger partial charge in [0.25, 0.3) is 0 Å². The molecule has 0 radical (unpaired) electrons. The van der Waals surface area contributed by atoms with Crippen molar-refractivity contribution in [2.24, 2.45) is 0 Å². The summed E-state index contributed by atoms with van der Waals surface area (Å²) in [7, 11) is 0. The number of rotatable bonds is 5. The maximum Gasteiger partial charge on any atom is 0.135 e. The van der Waals surface area contributed by atoms with Crippen LogP contribution in [0.3, 0.4) is 0 Å². The number of hydrogen-bond acceptors (Lipinski definition) is 1. The van der Waals surface area contributed by atoms with Crippen molar-refractivity contribution < 1.29 is 4.74 Å². The Balaban J connectivity index is 1.14. The molecular formula is C58H36O. The molecule has 12 rings (SSSR count). The third-order valence-electron chi connectivity index (χ3n) is 12.2. The SMILES string of the molecule is c1ccc(-c2cc(-c3ccc4c5c(cccc35)-c3cc(-c5ccccc5)ccc3O4)cc(-c3c4ccccc4c(-c4ccccc4)c4c3ccc3ccccc34)c2)cc1. The fourth-order valence-electron chi connectivity index (χ4n) is 9.58. The first-order chi connectivity index (χ1) is 29.3. The predicted molar refractivity (Wildman–Crippen MR) is 249 cm³/mol. The minimum Gasteiger partial charge on any atom is -0.456 e. The molecule has 1 aliphatic heterocycles. The standard InChI is InChI=1S/C58H36O/c1-4-15-37(16-5-1)41-28-31-53-52(36-41)50-26-14-25-47-45(30-32-54(59-53)57(47)50)43-33-42(38-17-6-2-7-18-38)34-44(35-43)55-48-23-12-13-24-49(48)56(40-20-8-3-9-21-40)58-46-22-11-10-19-39(46)27-29-51(55)58/h1-36H. The second-order valence-corrected chi connectivity index (χ2v) is 15.6. The maximum atomic E-state index is 6.70. The lowest BCUT2D eigenvalue weighted by Gasteiger charge is -2.24. The normalized spacial score (nSPS) is 11.9. The van der Waals surface area contributed by atoms with E-state index in [0.717, 1.165) is 22.4 Å². The second kappa shape index (κ2) is 13.4. The molecule has 0 saturated heterocycles. The van der Waals surface area contributed by atoms with Gasteiger partial charge in [0.2, 0.25) is 0 Å². The van der Waals surface area contributed by atoms with Crippen molar-refractivity contribution in [3.8, 4) is 78.3 Å². The predicted octanol–water partition coefficient (Wildman–Crippen LogP) is 16.4. The molecule has 0 aliphatic carbocycles. The van der Waals surface area contributed by atoms with Crippen LogP contribution in [0.2, 0.25) is 0 Å². The zero-order valence-electron chi connectivity index (χ0n) is 32.2. The van der Waals surface area contributed by atoms with Crippen molar-refractivity contribution in [3.63, 3.8) is 0 Å². The Bertz CT molecular complexity index is 3440. The van der Waals surface area contributed by atoms with E-state index in [1.807, 2.05) is 0 Å². The second-order valence-electron chi connectivity index (χ2n) is 15.6. The third-order valence-corrected chi connectivity index (χ3v) is 12.2. The lowest BCUT2D eigenvalue weighted by molar-refractivity contribution is 0.487. The van der Waals surface area contributed by atoms with Crippen molar-refractivity contribution in [2.45, 2.75) is 0 Å². The van der Waals surface area contributed by atoms with E-state index in [-0.39, 0.29) is 0 Å². The van der Waals surface area contributed by atoms with Crippen LogP contribution in [0.4, 0.5) is 0 Å². The molecule has 11 aromatic rings. The van der Waals surface area contributed by atoms with E-state index < -0.39 is 0 Å². The molecule has 59 heavy (non-hydrogen) atoms. The van der Waals surface area contributed by atoms with E-state index in [0.29, 0.717) is 0 Å². The van der Waals surface area contributed by atoms with Gasteiger partial charge in [0.05, 0.1) is 0 Å². The van der Waals surface area contributed by atoms with E-state index in [4.69, 9.17) is 4.74 Å². The smallest absolute Gasteiger partial charge is 0.135 e. The Hall–Kier alpha value is -7.74. The van der Waals surface area contributed by atoms with Gasteiger partial charge in [-0.3, -0.25) is 0 Å². The molecule has 1 nitrogen and oxygen atoms in total. The Labute approximate surface area is 343 Å². The highest BCUT2D eigenvalue weighted by molar-refractivity contribution is 6.28. The van der Waals surface area contributed by atoms with Crippen LogP contribution in [0.1, 0.15) is 0 Å². The molecule has 0 saturated carbocycles. The zero-order valence-corrected chi connectivity index (χ0v) is 32.2. The first-order valence-corrected chi connectivity index (χ1v) is 20.3. The van der Waals surface area contributed by atoms with Gasteiger partial charge in [-0.25, -0.2) is 0 Å². The highest BCUT2D eigenvalue weighted by Gasteiger charge is 2.24. The first-order valence-electron chi connectivity index (χ1n) is 20.3. The number of hydrogen-bond donors (Lipinski definition) is 0. The lowest BCUT2D eigenvalue weighted by Crippen LogP contribution is -1.98. The molecule has 0 atom stereocenters. The summed E-state index contributed by atoms with van der Waals surface area (Å²) in [6.07, 6.45) is 0. The monoisotopic (exact) mass is 748 g/mol. The van der Waals surface area contributed by atoms with Gasteiger partial charge in [-0.05, 0) is 135 Å². The van der Waals surface area contributed by atoms with Crippen LogP contribution in [0.15, 0.2) is 218 Å². The average Bonchev–Trinajstić information content (AvgIpc) is 3.31. The zero-order chi connectivity index (χ0) is 38.9. The van der Waals surface area contributed by atoms with Crippen LogP contribution in [-0.4, -0.2) is 0 Å². The summed E-state index contributed by atoms with van der Waals surface area (Å²) in [4.78, 5) is 0. The van der Waals surface area contributed by atoms with Crippen molar-refractivity contribution in [3.05, 3.63) is 218 Å². The van der Waals surface area contributed by atoms with Crippen LogP contribution >= 0.6 is 0 Å². The van der Waals surface area contributed by atoms with Crippen molar-refractivity contribution in [1.29, 1.82) is 0 Å². The van der Waals surface area contributed by atoms with Gasteiger partial charge in [0.1, 0.15) is 11.5 Å². The topological polar surface area (TPSA) is 9.23 Å². The van der Waals surface area contributed by atoms with Crippen molar-refractivity contribution >= 4 is 43.1 Å². The fraction of sp³-hybridized carbons (Fsp3) is 0. The van der Waals surface area contributed by atoms with Gasteiger partial charge in [0, 0.05) is 10.9 Å². The minimum absolute atomic E-state index is 0.885. The van der Waals surface area contributed by atoms with Gasteiger partial charge in [-0.15, -0.1) is 0 Å². The Morgan fingerprint density at radius 3 is 1.59 bits per heavy atom. The van der Waals surface area contributed by atoms with Gasteiger partial charge < -0.3 is 4.74 Å². The fourth-order valence-corrected chi connectivity index (χ4v) is 9.58. The van der Waals surface area contributed by atoms with Gasteiger partial charge >= 0.3 is 0 Å². The molecule has 0 amide bonds. The Morgan fingerprint density at radius 1 is 0.237 bits per heavy atom. The molecule has 0 unspecified atom stereocenters. The van der Waals surface area contributed by atoms with Crippen LogP contribution in [-0.2, 0) is 0 Å². The molecule has 1 heterocycles.